The van der Waals surface area contributed by atoms with Gasteiger partial charge in [-0.25, -0.2) is 9.36 Å². The fraction of sp³-hybridized carbons (Fsp3) is 0.379. The van der Waals surface area contributed by atoms with E-state index in [0.29, 0.717) is 19.8 Å². The van der Waals surface area contributed by atoms with Gasteiger partial charge in [0.25, 0.3) is 11.4 Å². The first kappa shape index (κ1) is 26.5. The number of aromatic nitrogens is 4. The second kappa shape index (κ2) is 8.88. The lowest BCUT2D eigenvalue weighted by molar-refractivity contribution is -0.385. The molecule has 2 bridgehead atoms. The first-order valence-electron chi connectivity index (χ1n) is 13.5. The Hall–Kier alpha value is -4.74. The number of hydrogen-bond acceptors (Lipinski definition) is 8. The summed E-state index contributed by atoms with van der Waals surface area (Å²) < 4.78 is 3.83. The normalized spacial score (nSPS) is 14.6. The lowest BCUT2D eigenvalue weighted by Gasteiger charge is -2.43. The van der Waals surface area contributed by atoms with Gasteiger partial charge in [-0.1, -0.05) is 41.5 Å². The summed E-state index contributed by atoms with van der Waals surface area (Å²) in [5.74, 6) is 1.96. The fourth-order valence-corrected chi connectivity index (χ4v) is 5.79. The Morgan fingerprint density at radius 1 is 0.634 bits per heavy atom. The maximum absolute atomic E-state index is 11.3. The molecule has 0 amide bonds. The van der Waals surface area contributed by atoms with Crippen molar-refractivity contribution in [3.05, 3.63) is 91.3 Å². The van der Waals surface area contributed by atoms with Gasteiger partial charge < -0.3 is 9.80 Å². The van der Waals surface area contributed by atoms with Gasteiger partial charge in [0, 0.05) is 46.2 Å². The molecule has 0 radical (unpaired) electrons. The third kappa shape index (κ3) is 4.30. The number of nitro benzene ring substituents is 2. The predicted octanol–water partition coefficient (Wildman–Crippen LogP) is 5.77. The molecule has 4 aromatic rings. The number of non-ortho nitro benzene ring substituents is 2. The molecule has 0 saturated carbocycles. The van der Waals surface area contributed by atoms with Crippen LogP contribution in [0.5, 0.6) is 0 Å². The molecule has 41 heavy (non-hydrogen) atoms. The summed E-state index contributed by atoms with van der Waals surface area (Å²) in [6.07, 6.45) is 0. The highest BCUT2D eigenvalue weighted by atomic mass is 16.6. The van der Waals surface area contributed by atoms with Crippen LogP contribution < -0.4 is 9.80 Å². The van der Waals surface area contributed by atoms with Gasteiger partial charge in [-0.2, -0.15) is 10.2 Å². The van der Waals surface area contributed by atoms with E-state index < -0.39 is 9.85 Å². The third-order valence-electron chi connectivity index (χ3n) is 7.58. The molecule has 2 aromatic carbocycles. The zero-order chi connectivity index (χ0) is 29.4. The first-order valence-corrected chi connectivity index (χ1v) is 13.5. The third-order valence-corrected chi connectivity index (χ3v) is 7.58. The highest BCUT2D eigenvalue weighted by Crippen LogP contribution is 2.46. The number of hydrogen-bond donors (Lipinski definition) is 0. The molecule has 0 unspecified atom stereocenters. The summed E-state index contributed by atoms with van der Waals surface area (Å²) in [4.78, 5) is 26.3. The Morgan fingerprint density at radius 3 is 1.27 bits per heavy atom. The number of benzene rings is 2. The lowest BCUT2D eigenvalue weighted by Crippen LogP contribution is -2.47. The van der Waals surface area contributed by atoms with E-state index in [1.165, 1.54) is 24.3 Å². The summed E-state index contributed by atoms with van der Waals surface area (Å²) >= 11 is 0. The molecule has 2 aliphatic rings. The molecular weight excluding hydrogens is 524 g/mol. The average Bonchev–Trinajstić information content (AvgIpc) is 3.49. The summed E-state index contributed by atoms with van der Waals surface area (Å²) in [5.41, 5.74) is 5.22. The minimum Gasteiger partial charge on any atom is -0.334 e. The van der Waals surface area contributed by atoms with Crippen molar-refractivity contribution >= 4 is 23.0 Å². The Labute approximate surface area is 237 Å². The van der Waals surface area contributed by atoms with Crippen LogP contribution in [0, 0.1) is 20.2 Å². The molecular formula is C29H32N8O4. The van der Waals surface area contributed by atoms with Crippen LogP contribution in [0.2, 0.25) is 0 Å². The monoisotopic (exact) mass is 556 g/mol. The van der Waals surface area contributed by atoms with Crippen LogP contribution in [0.4, 0.5) is 23.0 Å². The van der Waals surface area contributed by atoms with Crippen molar-refractivity contribution in [1.82, 2.24) is 19.6 Å². The Kier molecular flexibility index (Phi) is 5.74. The molecule has 0 atom stereocenters. The summed E-state index contributed by atoms with van der Waals surface area (Å²) in [6, 6.07) is 13.0. The van der Waals surface area contributed by atoms with E-state index in [1.807, 2.05) is 9.36 Å². The van der Waals surface area contributed by atoms with E-state index in [-0.39, 0.29) is 22.2 Å². The van der Waals surface area contributed by atoms with Gasteiger partial charge >= 0.3 is 0 Å². The van der Waals surface area contributed by atoms with Crippen molar-refractivity contribution < 1.29 is 9.85 Å². The number of rotatable bonds is 4. The van der Waals surface area contributed by atoms with Crippen LogP contribution in [0.25, 0.3) is 11.4 Å². The van der Waals surface area contributed by atoms with Crippen LogP contribution in [0.1, 0.15) is 64.1 Å². The highest BCUT2D eigenvalue weighted by Gasteiger charge is 2.42. The van der Waals surface area contributed by atoms with Crippen molar-refractivity contribution in [2.75, 3.05) is 16.5 Å². The van der Waals surface area contributed by atoms with Crippen LogP contribution >= 0.6 is 0 Å². The van der Waals surface area contributed by atoms with Gasteiger partial charge in [-0.05, 0) is 24.3 Å². The fourth-order valence-electron chi connectivity index (χ4n) is 5.79. The maximum atomic E-state index is 11.3. The predicted molar refractivity (Wildman–Crippen MR) is 155 cm³/mol. The average molecular weight is 557 g/mol. The van der Waals surface area contributed by atoms with Crippen LogP contribution in [0.3, 0.4) is 0 Å². The van der Waals surface area contributed by atoms with Gasteiger partial charge in [0.05, 0.1) is 52.4 Å². The smallest absolute Gasteiger partial charge is 0.269 e. The molecule has 12 nitrogen and oxygen atoms in total. The van der Waals surface area contributed by atoms with E-state index in [9.17, 15) is 20.2 Å². The molecule has 0 spiro atoms. The van der Waals surface area contributed by atoms with Crippen molar-refractivity contribution in [1.29, 1.82) is 0 Å². The van der Waals surface area contributed by atoms with Crippen LogP contribution in [0.15, 0.2) is 48.5 Å². The minimum absolute atomic E-state index is 0.0353. The van der Waals surface area contributed by atoms with Crippen LogP contribution in [-0.4, -0.2) is 36.1 Å². The summed E-state index contributed by atoms with van der Waals surface area (Å²) in [6.45, 7) is 14.6. The molecule has 212 valence electrons. The summed E-state index contributed by atoms with van der Waals surface area (Å²) in [7, 11) is 0. The maximum Gasteiger partial charge on any atom is 0.269 e. The highest BCUT2D eigenvalue weighted by molar-refractivity contribution is 5.69. The van der Waals surface area contributed by atoms with Crippen molar-refractivity contribution in [3.63, 3.8) is 0 Å². The molecule has 0 N–H and O–H groups in total. The van der Waals surface area contributed by atoms with Crippen molar-refractivity contribution in [2.24, 2.45) is 0 Å². The van der Waals surface area contributed by atoms with Crippen molar-refractivity contribution in [2.45, 2.75) is 65.5 Å². The topological polar surface area (TPSA) is 128 Å². The van der Waals surface area contributed by atoms with E-state index in [4.69, 9.17) is 10.2 Å². The lowest BCUT2D eigenvalue weighted by atomic mass is 9.87. The standard InChI is InChI=1S/C29H32N8O4/c1-28(2,3)24-22-15-32-17-33(26(22)34(30-24)18-7-11-20(12-8-18)36(38)39)16-23-25(29(4,5)6)31-35(27(23)32)19-9-13-21(14-10-19)37(40)41/h7-14H,15-17H2,1-6H3. The largest absolute Gasteiger partial charge is 0.334 e. The first-order chi connectivity index (χ1) is 19.2. The number of fused-ring (bicyclic) bond motifs is 6. The van der Waals surface area contributed by atoms with Gasteiger partial charge in [0.2, 0.25) is 0 Å². The Morgan fingerprint density at radius 2 is 0.976 bits per heavy atom. The molecule has 0 aliphatic carbocycles. The molecule has 2 aliphatic heterocycles. The van der Waals surface area contributed by atoms with E-state index in [2.05, 4.69) is 51.3 Å². The molecule has 6 rings (SSSR count). The molecule has 12 heteroatoms. The second-order valence-electron chi connectivity index (χ2n) is 12.7. The quantitative estimate of drug-likeness (QED) is 0.229. The van der Waals surface area contributed by atoms with E-state index in [0.717, 1.165) is 45.5 Å². The van der Waals surface area contributed by atoms with E-state index >= 15 is 0 Å². The van der Waals surface area contributed by atoms with Crippen molar-refractivity contribution in [3.8, 4) is 11.4 Å². The molecule has 2 aromatic heterocycles. The molecule has 0 fully saturated rings. The second-order valence-corrected chi connectivity index (χ2v) is 12.7. The van der Waals surface area contributed by atoms with Gasteiger partial charge in [0.1, 0.15) is 11.6 Å². The van der Waals surface area contributed by atoms with E-state index in [1.54, 1.807) is 24.3 Å². The zero-order valence-corrected chi connectivity index (χ0v) is 24.0. The summed E-state index contributed by atoms with van der Waals surface area (Å²) in [5, 5.41) is 32.7. The zero-order valence-electron chi connectivity index (χ0n) is 24.0. The Balaban J connectivity index is 1.51. The molecule has 0 saturated heterocycles. The van der Waals surface area contributed by atoms with Gasteiger partial charge in [0.15, 0.2) is 0 Å². The molecule has 4 heterocycles. The SMILES string of the molecule is CC(C)(C)c1nn(-c2ccc([N+](=O)[O-])cc2)c2c1CN1CN2Cc2c(C(C)(C)C)nn(-c3ccc([N+](=O)[O-])cc3)c21. The number of nitro groups is 2. The number of anilines is 2. The Bertz CT molecular complexity index is 1560. The van der Waals surface area contributed by atoms with Gasteiger partial charge in [-0.15, -0.1) is 0 Å². The van der Waals surface area contributed by atoms with Gasteiger partial charge in [-0.3, -0.25) is 20.2 Å². The van der Waals surface area contributed by atoms with Crippen LogP contribution in [-0.2, 0) is 23.9 Å². The number of nitrogens with zero attached hydrogens (tertiary/aromatic N) is 8. The minimum atomic E-state index is -0.399.